The number of anilines is 1. The highest BCUT2D eigenvalue weighted by Gasteiger charge is 2.54. The predicted molar refractivity (Wildman–Crippen MR) is 294 cm³/mol. The van der Waals surface area contributed by atoms with Crippen molar-refractivity contribution in [3.8, 4) is 11.5 Å². The van der Waals surface area contributed by atoms with Crippen LogP contribution in [0.1, 0.15) is 73.9 Å². The van der Waals surface area contributed by atoms with Crippen LogP contribution in [0.3, 0.4) is 0 Å². The largest absolute Gasteiger partial charge is 0.497 e. The molecule has 2 saturated heterocycles. The molecule has 5 aromatic carbocycles. The molecule has 17 heteroatoms. The average molecular weight is 1050 g/mol. The number of aryl methyl sites for hydroxylation is 2. The number of ether oxygens (including phenoxy) is 6. The number of aromatic nitrogens is 4. The molecule has 392 valence electrons. The molecular formula is C58H65N5O10SSi. The number of nitrogens with zero attached hydrogens (tertiary/aromatic N) is 3. The Morgan fingerprint density at radius 2 is 1.20 bits per heavy atom. The van der Waals surface area contributed by atoms with Gasteiger partial charge in [0.25, 0.3) is 13.9 Å². The van der Waals surface area contributed by atoms with Crippen molar-refractivity contribution in [2.24, 2.45) is 0 Å². The van der Waals surface area contributed by atoms with Gasteiger partial charge in [-0.05, 0) is 70.2 Å². The van der Waals surface area contributed by atoms with E-state index in [1.54, 1.807) is 33.5 Å². The fourth-order valence-electron chi connectivity index (χ4n) is 10.4. The fraction of sp³-hybridized carbons (Fsp3) is 0.345. The fourth-order valence-corrected chi connectivity index (χ4v) is 16.2. The van der Waals surface area contributed by atoms with Crippen LogP contribution in [-0.4, -0.2) is 84.4 Å². The van der Waals surface area contributed by atoms with E-state index >= 15 is 0 Å². The Labute approximate surface area is 442 Å². The van der Waals surface area contributed by atoms with Crippen molar-refractivity contribution in [3.05, 3.63) is 211 Å². The first-order chi connectivity index (χ1) is 36.1. The number of aromatic amines is 1. The highest BCUT2D eigenvalue weighted by atomic mass is 32.2. The maximum Gasteiger partial charge on any atom is 0.351 e. The quantitative estimate of drug-likeness (QED) is 0.0350. The van der Waals surface area contributed by atoms with Gasteiger partial charge in [0, 0.05) is 41.6 Å². The molecule has 0 unspecified atom stereocenters. The Morgan fingerprint density at radius 3 is 1.76 bits per heavy atom. The molecule has 0 saturated carbocycles. The summed E-state index contributed by atoms with van der Waals surface area (Å²) in [5.74, 6) is 1.76. The summed E-state index contributed by atoms with van der Waals surface area (Å²) in [6.07, 6.45) is 0.861. The normalized spacial score (nSPS) is 20.0. The topological polar surface area (TPSA) is 180 Å². The summed E-state index contributed by atoms with van der Waals surface area (Å²) >= 11 is 1.54. The Balaban J connectivity index is 1.03. The third-order valence-corrected chi connectivity index (χ3v) is 20.6. The summed E-state index contributed by atoms with van der Waals surface area (Å²) in [4.78, 5) is 46.0. The van der Waals surface area contributed by atoms with Crippen LogP contribution in [0.2, 0.25) is 5.04 Å². The van der Waals surface area contributed by atoms with E-state index in [1.807, 2.05) is 122 Å². The zero-order valence-electron chi connectivity index (χ0n) is 43.3. The molecule has 0 radical (unpaired) electrons. The second kappa shape index (κ2) is 22.7. The molecule has 0 spiro atoms. The van der Waals surface area contributed by atoms with Crippen molar-refractivity contribution in [1.29, 1.82) is 0 Å². The van der Waals surface area contributed by atoms with E-state index < -0.39 is 61.6 Å². The van der Waals surface area contributed by atoms with Crippen molar-refractivity contribution in [2.75, 3.05) is 39.1 Å². The number of nitrogens with one attached hydrogen (secondary N) is 1. The molecule has 75 heavy (non-hydrogen) atoms. The highest BCUT2D eigenvalue weighted by molar-refractivity contribution is 7.99. The molecule has 2 fully saturated rings. The number of hydrogen-bond donors (Lipinski definition) is 2. The molecule has 4 heterocycles. The number of hydrogen-bond acceptors (Lipinski definition) is 13. The van der Waals surface area contributed by atoms with Crippen LogP contribution in [0.15, 0.2) is 166 Å². The summed E-state index contributed by atoms with van der Waals surface area (Å²) < 4.78 is 49.4. The van der Waals surface area contributed by atoms with Crippen molar-refractivity contribution in [3.63, 3.8) is 0 Å². The molecule has 2 aliphatic rings. The lowest BCUT2D eigenvalue weighted by molar-refractivity contribution is -0.0767. The number of H-pyrrole nitrogens is 1. The van der Waals surface area contributed by atoms with Crippen LogP contribution < -0.4 is 42.5 Å². The van der Waals surface area contributed by atoms with Crippen molar-refractivity contribution < 1.29 is 32.8 Å². The minimum atomic E-state index is -3.12. The molecule has 0 bridgehead atoms. The zero-order valence-corrected chi connectivity index (χ0v) is 45.2. The van der Waals surface area contributed by atoms with Crippen LogP contribution in [0.25, 0.3) is 0 Å². The molecule has 2 aromatic heterocycles. The summed E-state index contributed by atoms with van der Waals surface area (Å²) in [5.41, 5.74) is 7.02. The molecule has 7 aromatic rings. The van der Waals surface area contributed by atoms with Gasteiger partial charge in [0.1, 0.15) is 41.5 Å². The van der Waals surface area contributed by atoms with Crippen LogP contribution in [0.4, 0.5) is 5.82 Å². The van der Waals surface area contributed by atoms with E-state index in [1.165, 1.54) is 20.9 Å². The van der Waals surface area contributed by atoms with Crippen LogP contribution in [-0.2, 0) is 29.0 Å². The van der Waals surface area contributed by atoms with Gasteiger partial charge in [-0.3, -0.25) is 18.9 Å². The molecule has 6 atom stereocenters. The Kier molecular flexibility index (Phi) is 16.1. The monoisotopic (exact) mass is 1050 g/mol. The lowest BCUT2D eigenvalue weighted by Gasteiger charge is -2.45. The standard InChI is InChI=1S/C58H65N5O10SSi/c1-38-33-62(55(65)60-53(38)59)51-31-47(73-75(57(3,4)5,45-19-13-9-14-20-45)46-21-15-10-16-22-46)48(71-51)35-69-37-74-50-32-52(63-34-39(2)54(64)61-56(63)66)72-49(50)36-70-58(40-17-11-8-12-18-40,41-23-27-43(67-6)28-24-41)42-25-29-44(68-7)30-26-42/h8-30,33-34,47-52H,31-32,35-37H2,1-7H3,(H2,59,60,65)(H,61,64,66)/t47-,48+,49+,50-,51+,52+/m0/s1. The number of benzene rings is 5. The molecule has 9 rings (SSSR count). The number of thioether (sulfide) groups is 1. The number of rotatable bonds is 19. The first-order valence-electron chi connectivity index (χ1n) is 25.1. The molecule has 2 aliphatic heterocycles. The van der Waals surface area contributed by atoms with Gasteiger partial charge in [-0.2, -0.15) is 4.98 Å². The van der Waals surface area contributed by atoms with Gasteiger partial charge in [0.05, 0.1) is 45.6 Å². The van der Waals surface area contributed by atoms with Crippen molar-refractivity contribution in [1.82, 2.24) is 19.1 Å². The molecule has 0 amide bonds. The summed E-state index contributed by atoms with van der Waals surface area (Å²) in [7, 11) is 0.149. The minimum Gasteiger partial charge on any atom is -0.497 e. The molecule has 3 N–H and O–H groups in total. The Bertz CT molecular complexity index is 3120. The number of methoxy groups -OCH3 is 2. The van der Waals surface area contributed by atoms with E-state index in [-0.39, 0.29) is 35.3 Å². The van der Waals surface area contributed by atoms with E-state index in [0.29, 0.717) is 35.5 Å². The number of nitrogens with two attached hydrogens (primary N) is 1. The van der Waals surface area contributed by atoms with E-state index in [2.05, 4.69) is 55.0 Å². The molecule has 15 nitrogen and oxygen atoms in total. The highest BCUT2D eigenvalue weighted by Crippen LogP contribution is 2.45. The second-order valence-corrected chi connectivity index (χ2v) is 25.5. The maximum atomic E-state index is 13.5. The second-order valence-electron chi connectivity index (χ2n) is 20.0. The summed E-state index contributed by atoms with van der Waals surface area (Å²) in [6.45, 7) is 10.4. The van der Waals surface area contributed by atoms with Crippen LogP contribution >= 0.6 is 11.8 Å². The van der Waals surface area contributed by atoms with Gasteiger partial charge in [-0.15, -0.1) is 11.8 Å². The Hall–Kier alpha value is -6.57. The van der Waals surface area contributed by atoms with Gasteiger partial charge >= 0.3 is 11.4 Å². The first-order valence-corrected chi connectivity index (χ1v) is 28.1. The van der Waals surface area contributed by atoms with Gasteiger partial charge in [-0.25, -0.2) is 9.59 Å². The van der Waals surface area contributed by atoms with Gasteiger partial charge in [0.2, 0.25) is 0 Å². The Morgan fingerprint density at radius 1 is 0.680 bits per heavy atom. The molecule has 0 aliphatic carbocycles. The average Bonchev–Trinajstić information content (AvgIpc) is 4.03. The van der Waals surface area contributed by atoms with Crippen molar-refractivity contribution in [2.45, 2.75) is 94.1 Å². The van der Waals surface area contributed by atoms with Crippen LogP contribution in [0.5, 0.6) is 11.5 Å². The zero-order chi connectivity index (χ0) is 52.9. The van der Waals surface area contributed by atoms with Gasteiger partial charge in [0.15, 0.2) is 0 Å². The maximum absolute atomic E-state index is 13.5. The first kappa shape index (κ1) is 53.3. The van der Waals surface area contributed by atoms with Gasteiger partial charge in [-0.1, -0.05) is 136 Å². The van der Waals surface area contributed by atoms with Crippen LogP contribution in [0, 0.1) is 13.8 Å². The lowest BCUT2D eigenvalue weighted by Crippen LogP contribution is -2.68. The van der Waals surface area contributed by atoms with Gasteiger partial charge < -0.3 is 38.6 Å². The minimum absolute atomic E-state index is 0.0871. The smallest absolute Gasteiger partial charge is 0.351 e. The lowest BCUT2D eigenvalue weighted by atomic mass is 9.80. The van der Waals surface area contributed by atoms with Crippen molar-refractivity contribution >= 4 is 36.3 Å². The van der Waals surface area contributed by atoms with E-state index in [0.717, 1.165) is 27.1 Å². The summed E-state index contributed by atoms with van der Waals surface area (Å²) in [6, 6.07) is 46.5. The third kappa shape index (κ3) is 10.9. The summed E-state index contributed by atoms with van der Waals surface area (Å²) in [5, 5.41) is 1.62. The number of nitrogen functional groups attached to an aromatic ring is 1. The third-order valence-electron chi connectivity index (χ3n) is 14.3. The SMILES string of the molecule is COc1ccc(C(OC[C@H]2O[C@@H](n3cc(C)c(=O)[nH]c3=O)C[C@@H]2SCOC[C@H]2O[C@@H](n3cc(C)c(N)nc3=O)C[C@@H]2O[Si](c2ccccc2)(c2ccccc2)C(C)(C)C)(c2ccccc2)c2ccc(OC)cc2)cc1. The van der Waals surface area contributed by atoms with E-state index in [4.69, 9.17) is 38.6 Å². The van der Waals surface area contributed by atoms with E-state index in [9.17, 15) is 14.4 Å². The predicted octanol–water partition coefficient (Wildman–Crippen LogP) is 7.61. The molecular weight excluding hydrogens is 987 g/mol.